The van der Waals surface area contributed by atoms with Crippen molar-refractivity contribution in [3.05, 3.63) is 70.9 Å². The molecule has 2 atom stereocenters. The van der Waals surface area contributed by atoms with Crippen molar-refractivity contribution >= 4 is 17.5 Å². The van der Waals surface area contributed by atoms with E-state index in [1.54, 1.807) is 30.3 Å². The monoisotopic (exact) mass is 452 g/mol. The van der Waals surface area contributed by atoms with Crippen molar-refractivity contribution in [2.24, 2.45) is 0 Å². The van der Waals surface area contributed by atoms with E-state index in [-0.39, 0.29) is 24.6 Å². The highest BCUT2D eigenvalue weighted by Gasteiger charge is 2.38. The molecule has 0 spiro atoms. The smallest absolute Gasteiger partial charge is 0.406 e. The first kappa shape index (κ1) is 21.2. The molecule has 0 saturated carbocycles. The Hall–Kier alpha value is -3.04. The van der Waals surface area contributed by atoms with Crippen LogP contribution in [0.1, 0.15) is 28.6 Å². The summed E-state index contributed by atoms with van der Waals surface area (Å²) in [5, 5.41) is 14.6. The van der Waals surface area contributed by atoms with Crippen molar-refractivity contribution in [1.29, 1.82) is 0 Å². The Morgan fingerprint density at radius 2 is 1.84 bits per heavy atom. The number of likely N-dealkylation sites (tertiary alicyclic amines) is 1. The van der Waals surface area contributed by atoms with Gasteiger partial charge >= 0.3 is 6.36 Å². The van der Waals surface area contributed by atoms with Crippen LogP contribution < -0.4 is 4.74 Å². The van der Waals surface area contributed by atoms with E-state index in [1.165, 1.54) is 29.2 Å². The first-order valence-corrected chi connectivity index (χ1v) is 9.65. The number of ether oxygens (including phenoxy) is 1. The van der Waals surface area contributed by atoms with Crippen LogP contribution in [0.5, 0.6) is 5.75 Å². The summed E-state index contributed by atoms with van der Waals surface area (Å²) in [6.07, 6.45) is -5.23. The van der Waals surface area contributed by atoms with Crippen molar-refractivity contribution in [2.45, 2.75) is 24.9 Å². The molecule has 1 aliphatic heterocycles. The van der Waals surface area contributed by atoms with Gasteiger partial charge in [0.15, 0.2) is 5.76 Å². The average molecular weight is 453 g/mol. The van der Waals surface area contributed by atoms with Crippen LogP contribution in [0.4, 0.5) is 13.2 Å². The number of rotatable bonds is 4. The van der Waals surface area contributed by atoms with E-state index in [1.807, 2.05) is 0 Å². The lowest BCUT2D eigenvalue weighted by Crippen LogP contribution is -2.31. The Kier molecular flexibility index (Phi) is 5.63. The largest absolute Gasteiger partial charge is 0.573 e. The molecule has 0 aliphatic carbocycles. The van der Waals surface area contributed by atoms with Crippen molar-refractivity contribution < 1.29 is 32.3 Å². The van der Waals surface area contributed by atoms with Gasteiger partial charge in [-0.15, -0.1) is 13.2 Å². The molecule has 6 nitrogen and oxygen atoms in total. The molecule has 1 N–H and O–H groups in total. The third-order valence-corrected chi connectivity index (χ3v) is 5.12. The van der Waals surface area contributed by atoms with Gasteiger partial charge in [-0.3, -0.25) is 4.79 Å². The number of carbonyl (C=O) groups is 1. The minimum absolute atomic E-state index is 0.131. The second-order valence-electron chi connectivity index (χ2n) is 7.06. The lowest BCUT2D eigenvalue weighted by Gasteiger charge is -2.22. The van der Waals surface area contributed by atoms with E-state index in [0.29, 0.717) is 27.6 Å². The number of nitrogens with zero attached hydrogens (tertiary/aromatic N) is 2. The highest BCUT2D eigenvalue weighted by atomic mass is 35.5. The van der Waals surface area contributed by atoms with Gasteiger partial charge in [0.25, 0.3) is 5.91 Å². The van der Waals surface area contributed by atoms with Gasteiger partial charge in [0, 0.05) is 35.2 Å². The SMILES string of the molecule is O=C(c1ccc(Cl)cc1)N1C[C@H](O)C[C@H]1c1cc(-c2ccc(OC(F)(F)F)cc2)no1. The predicted molar refractivity (Wildman–Crippen MR) is 104 cm³/mol. The number of aromatic nitrogens is 1. The number of amides is 1. The zero-order valence-electron chi connectivity index (χ0n) is 15.8. The summed E-state index contributed by atoms with van der Waals surface area (Å²) in [5.74, 6) is -0.270. The molecule has 0 unspecified atom stereocenters. The van der Waals surface area contributed by atoms with Crippen LogP contribution in [0.15, 0.2) is 59.1 Å². The fourth-order valence-electron chi connectivity index (χ4n) is 3.48. The molecule has 1 saturated heterocycles. The van der Waals surface area contributed by atoms with Crippen molar-refractivity contribution in [3.63, 3.8) is 0 Å². The molecule has 0 bridgehead atoms. The maximum absolute atomic E-state index is 12.9. The molecule has 0 radical (unpaired) electrons. The summed E-state index contributed by atoms with van der Waals surface area (Å²) >= 11 is 5.87. The lowest BCUT2D eigenvalue weighted by atomic mass is 10.1. The number of carbonyl (C=O) groups excluding carboxylic acids is 1. The molecule has 1 amide bonds. The second-order valence-corrected chi connectivity index (χ2v) is 7.49. The van der Waals surface area contributed by atoms with E-state index in [9.17, 15) is 23.1 Å². The third-order valence-electron chi connectivity index (χ3n) is 4.87. The molecule has 10 heteroatoms. The zero-order valence-corrected chi connectivity index (χ0v) is 16.6. The van der Waals surface area contributed by atoms with Crippen LogP contribution in [0.25, 0.3) is 11.3 Å². The van der Waals surface area contributed by atoms with Gasteiger partial charge in [0.2, 0.25) is 0 Å². The van der Waals surface area contributed by atoms with Crippen LogP contribution in [-0.2, 0) is 0 Å². The topological polar surface area (TPSA) is 75.8 Å². The molecule has 1 aliphatic rings. The van der Waals surface area contributed by atoms with Gasteiger partial charge in [-0.05, 0) is 48.5 Å². The highest BCUT2D eigenvalue weighted by molar-refractivity contribution is 6.30. The molecule has 3 aromatic rings. The summed E-state index contributed by atoms with van der Waals surface area (Å²) in [6, 6.07) is 12.7. The van der Waals surface area contributed by atoms with Crippen molar-refractivity contribution in [3.8, 4) is 17.0 Å². The van der Waals surface area contributed by atoms with Gasteiger partial charge in [0.1, 0.15) is 11.4 Å². The van der Waals surface area contributed by atoms with E-state index < -0.39 is 18.5 Å². The van der Waals surface area contributed by atoms with E-state index in [4.69, 9.17) is 16.1 Å². The summed E-state index contributed by atoms with van der Waals surface area (Å²) in [6.45, 7) is 0.131. The van der Waals surface area contributed by atoms with Crippen molar-refractivity contribution in [2.75, 3.05) is 6.54 Å². The van der Waals surface area contributed by atoms with Gasteiger partial charge in [-0.1, -0.05) is 16.8 Å². The number of alkyl halides is 3. The molecule has 162 valence electrons. The normalized spacial score (nSPS) is 18.9. The molecular formula is C21H16ClF3N2O4. The Morgan fingerprint density at radius 3 is 2.48 bits per heavy atom. The Labute approximate surface area is 179 Å². The first-order chi connectivity index (χ1) is 14.7. The van der Waals surface area contributed by atoms with Gasteiger partial charge in [-0.25, -0.2) is 0 Å². The van der Waals surface area contributed by atoms with Crippen LogP contribution in [-0.4, -0.2) is 40.1 Å². The first-order valence-electron chi connectivity index (χ1n) is 9.27. The molecule has 4 rings (SSSR count). The molecule has 1 fully saturated rings. The summed E-state index contributed by atoms with van der Waals surface area (Å²) < 4.78 is 46.2. The quantitative estimate of drug-likeness (QED) is 0.613. The maximum atomic E-state index is 12.9. The maximum Gasteiger partial charge on any atom is 0.573 e. The summed E-state index contributed by atoms with van der Waals surface area (Å²) in [4.78, 5) is 14.4. The minimum atomic E-state index is -4.77. The second kappa shape index (κ2) is 8.24. The van der Waals surface area contributed by atoms with Crippen LogP contribution >= 0.6 is 11.6 Å². The van der Waals surface area contributed by atoms with Gasteiger partial charge < -0.3 is 19.3 Å². The minimum Gasteiger partial charge on any atom is -0.406 e. The summed E-state index contributed by atoms with van der Waals surface area (Å²) in [5.41, 5.74) is 1.32. The number of hydrogen-bond acceptors (Lipinski definition) is 5. The standard InChI is InChI=1S/C21H16ClF3N2O4/c22-14-5-1-13(2-6-14)20(29)27-11-15(28)9-18(27)19-10-17(26-31-19)12-3-7-16(8-4-12)30-21(23,24)25/h1-8,10,15,18,28H,9,11H2/t15-,18+/m1/s1. The van der Waals surface area contributed by atoms with Crippen LogP contribution in [0.2, 0.25) is 5.02 Å². The van der Waals surface area contributed by atoms with E-state index in [0.717, 1.165) is 0 Å². The molecule has 1 aromatic heterocycles. The Bertz CT molecular complexity index is 1070. The number of benzene rings is 2. The van der Waals surface area contributed by atoms with Gasteiger partial charge in [-0.2, -0.15) is 0 Å². The Balaban J connectivity index is 1.54. The fourth-order valence-corrected chi connectivity index (χ4v) is 3.60. The number of aliphatic hydroxyl groups excluding tert-OH is 1. The van der Waals surface area contributed by atoms with Crippen LogP contribution in [0, 0.1) is 0 Å². The fraction of sp³-hybridized carbons (Fsp3) is 0.238. The zero-order chi connectivity index (χ0) is 22.2. The molecule has 31 heavy (non-hydrogen) atoms. The average Bonchev–Trinajstić information content (AvgIpc) is 3.34. The molecule has 2 heterocycles. The number of halogens is 4. The number of hydrogen-bond donors (Lipinski definition) is 1. The Morgan fingerprint density at radius 1 is 1.16 bits per heavy atom. The lowest BCUT2D eigenvalue weighted by molar-refractivity contribution is -0.274. The predicted octanol–water partition coefficient (Wildman–Crippen LogP) is 4.84. The van der Waals surface area contributed by atoms with Gasteiger partial charge in [0.05, 0.1) is 12.1 Å². The number of aliphatic hydroxyl groups is 1. The van der Waals surface area contributed by atoms with Crippen LogP contribution in [0.3, 0.4) is 0 Å². The van der Waals surface area contributed by atoms with Crippen molar-refractivity contribution in [1.82, 2.24) is 10.1 Å². The third kappa shape index (κ3) is 4.83. The molecular weight excluding hydrogens is 437 g/mol. The number of β-amino-alcohol motifs (C(OH)–C–C–N with tert-alkyl or cyclic N) is 1. The summed E-state index contributed by atoms with van der Waals surface area (Å²) in [7, 11) is 0. The van der Waals surface area contributed by atoms with E-state index in [2.05, 4.69) is 9.89 Å². The highest BCUT2D eigenvalue weighted by Crippen LogP contribution is 2.36. The van der Waals surface area contributed by atoms with E-state index >= 15 is 0 Å². The molecule has 2 aromatic carbocycles.